The molecule has 9 heavy (non-hydrogen) atoms. The van der Waals surface area contributed by atoms with Crippen LogP contribution in [0.1, 0.15) is 0 Å². The second-order valence-corrected chi connectivity index (χ2v) is 1.86. The van der Waals surface area contributed by atoms with E-state index in [1.807, 2.05) is 0 Å². The SMILES string of the molecule is N=C(N)n1ccc(Cl)n1. The average Bonchev–Trinajstić information content (AvgIpc) is 2.14. The monoisotopic (exact) mass is 144 g/mol. The lowest BCUT2D eigenvalue weighted by Crippen LogP contribution is -2.20. The molecule has 0 bridgehead atoms. The van der Waals surface area contributed by atoms with Crippen molar-refractivity contribution in [1.29, 1.82) is 5.41 Å². The summed E-state index contributed by atoms with van der Waals surface area (Å²) in [6.07, 6.45) is 1.52. The van der Waals surface area contributed by atoms with Crippen LogP contribution in [0.15, 0.2) is 12.3 Å². The van der Waals surface area contributed by atoms with Crippen LogP contribution in [0, 0.1) is 5.41 Å². The van der Waals surface area contributed by atoms with Crippen LogP contribution in [0.3, 0.4) is 0 Å². The Kier molecular flexibility index (Phi) is 1.40. The van der Waals surface area contributed by atoms with Gasteiger partial charge in [-0.25, -0.2) is 4.68 Å². The highest BCUT2D eigenvalue weighted by Gasteiger charge is 1.94. The summed E-state index contributed by atoms with van der Waals surface area (Å²) in [7, 11) is 0. The lowest BCUT2D eigenvalue weighted by molar-refractivity contribution is 0.912. The number of aromatic nitrogens is 2. The summed E-state index contributed by atoms with van der Waals surface area (Å²) < 4.78 is 1.18. The van der Waals surface area contributed by atoms with Crippen LogP contribution in [-0.2, 0) is 0 Å². The van der Waals surface area contributed by atoms with Crippen LogP contribution in [-0.4, -0.2) is 15.7 Å². The number of halogens is 1. The summed E-state index contributed by atoms with van der Waals surface area (Å²) in [4.78, 5) is 0. The third-order valence-electron chi connectivity index (χ3n) is 0.803. The van der Waals surface area contributed by atoms with E-state index in [0.29, 0.717) is 5.15 Å². The van der Waals surface area contributed by atoms with Crippen LogP contribution in [0.2, 0.25) is 5.15 Å². The number of nitrogens with zero attached hydrogens (tertiary/aromatic N) is 2. The van der Waals surface area contributed by atoms with Crippen molar-refractivity contribution in [3.05, 3.63) is 17.4 Å². The summed E-state index contributed by atoms with van der Waals surface area (Å²) in [6, 6.07) is 1.56. The van der Waals surface area contributed by atoms with E-state index in [9.17, 15) is 0 Å². The first kappa shape index (κ1) is 6.10. The molecule has 0 saturated heterocycles. The van der Waals surface area contributed by atoms with Gasteiger partial charge >= 0.3 is 0 Å². The van der Waals surface area contributed by atoms with Crippen molar-refractivity contribution in [2.75, 3.05) is 0 Å². The van der Waals surface area contributed by atoms with Crippen LogP contribution >= 0.6 is 11.6 Å². The minimum Gasteiger partial charge on any atom is -0.368 e. The van der Waals surface area contributed by atoms with Gasteiger partial charge in [-0.2, -0.15) is 5.10 Å². The third kappa shape index (κ3) is 1.20. The van der Waals surface area contributed by atoms with E-state index in [1.165, 1.54) is 10.9 Å². The number of rotatable bonds is 0. The maximum absolute atomic E-state index is 6.87. The van der Waals surface area contributed by atoms with Crippen LogP contribution in [0.5, 0.6) is 0 Å². The highest BCUT2D eigenvalue weighted by Crippen LogP contribution is 2.00. The molecular weight excluding hydrogens is 140 g/mol. The van der Waals surface area contributed by atoms with Crippen molar-refractivity contribution in [1.82, 2.24) is 9.78 Å². The van der Waals surface area contributed by atoms with E-state index in [-0.39, 0.29) is 5.96 Å². The maximum Gasteiger partial charge on any atom is 0.213 e. The van der Waals surface area contributed by atoms with Crippen molar-refractivity contribution in [3.63, 3.8) is 0 Å². The Morgan fingerprint density at radius 2 is 2.56 bits per heavy atom. The molecule has 0 unspecified atom stereocenters. The van der Waals surface area contributed by atoms with Gasteiger partial charge in [-0.1, -0.05) is 11.6 Å². The lowest BCUT2D eigenvalue weighted by atomic mass is 10.7. The molecule has 0 aliphatic rings. The Labute approximate surface area is 56.7 Å². The molecule has 1 aromatic heterocycles. The van der Waals surface area contributed by atoms with Crippen LogP contribution < -0.4 is 5.73 Å². The van der Waals surface area contributed by atoms with Gasteiger partial charge in [0.15, 0.2) is 5.15 Å². The molecule has 0 saturated carbocycles. The topological polar surface area (TPSA) is 67.7 Å². The zero-order valence-corrected chi connectivity index (χ0v) is 5.26. The fourth-order valence-electron chi connectivity index (χ4n) is 0.436. The normalized spacial score (nSPS) is 9.44. The van der Waals surface area contributed by atoms with Gasteiger partial charge < -0.3 is 5.73 Å². The van der Waals surface area contributed by atoms with Gasteiger partial charge in [0.25, 0.3) is 0 Å². The van der Waals surface area contributed by atoms with Crippen molar-refractivity contribution in [3.8, 4) is 0 Å². The first-order chi connectivity index (χ1) is 4.20. The summed E-state index contributed by atoms with van der Waals surface area (Å²) in [5, 5.41) is 10.8. The molecule has 5 heteroatoms. The molecule has 1 aromatic rings. The Morgan fingerprint density at radius 3 is 2.78 bits per heavy atom. The van der Waals surface area contributed by atoms with Crippen molar-refractivity contribution >= 4 is 17.6 Å². The Hall–Kier alpha value is -1.03. The third-order valence-corrected chi connectivity index (χ3v) is 1.00. The molecule has 3 N–H and O–H groups in total. The molecule has 0 fully saturated rings. The van der Waals surface area contributed by atoms with Gasteiger partial charge in [0.2, 0.25) is 5.96 Å². The molecule has 1 rings (SSSR count). The number of nitrogen functional groups attached to an aromatic ring is 1. The Balaban J connectivity index is 2.98. The molecular formula is C4H5ClN4. The molecule has 4 nitrogen and oxygen atoms in total. The highest BCUT2D eigenvalue weighted by atomic mass is 35.5. The fraction of sp³-hybridized carbons (Fsp3) is 0. The van der Waals surface area contributed by atoms with Crippen molar-refractivity contribution < 1.29 is 0 Å². The highest BCUT2D eigenvalue weighted by molar-refractivity contribution is 6.29. The van der Waals surface area contributed by atoms with Gasteiger partial charge in [0, 0.05) is 6.20 Å². The Morgan fingerprint density at radius 1 is 1.89 bits per heavy atom. The van der Waals surface area contributed by atoms with Crippen LogP contribution in [0.25, 0.3) is 0 Å². The predicted molar refractivity (Wildman–Crippen MR) is 34.5 cm³/mol. The second kappa shape index (κ2) is 2.06. The maximum atomic E-state index is 6.87. The van der Waals surface area contributed by atoms with E-state index in [0.717, 1.165) is 0 Å². The Bertz CT molecular complexity index is 228. The van der Waals surface area contributed by atoms with E-state index in [1.54, 1.807) is 6.07 Å². The quantitative estimate of drug-likeness (QED) is 0.406. The first-order valence-electron chi connectivity index (χ1n) is 2.26. The zero-order valence-electron chi connectivity index (χ0n) is 4.50. The summed E-state index contributed by atoms with van der Waals surface area (Å²) in [5.41, 5.74) is 5.05. The fourth-order valence-corrected chi connectivity index (χ4v) is 0.574. The van der Waals surface area contributed by atoms with E-state index in [4.69, 9.17) is 22.7 Å². The molecule has 0 aromatic carbocycles. The van der Waals surface area contributed by atoms with E-state index in [2.05, 4.69) is 5.10 Å². The van der Waals surface area contributed by atoms with Crippen molar-refractivity contribution in [2.24, 2.45) is 5.73 Å². The minimum absolute atomic E-state index is 0.137. The zero-order chi connectivity index (χ0) is 6.85. The van der Waals surface area contributed by atoms with Crippen molar-refractivity contribution in [2.45, 2.75) is 0 Å². The van der Waals surface area contributed by atoms with Gasteiger partial charge in [-0.05, 0) is 6.07 Å². The van der Waals surface area contributed by atoms with E-state index < -0.39 is 0 Å². The smallest absolute Gasteiger partial charge is 0.213 e. The molecule has 0 amide bonds. The van der Waals surface area contributed by atoms with Gasteiger partial charge in [-0.3, -0.25) is 5.41 Å². The largest absolute Gasteiger partial charge is 0.368 e. The number of hydrogen-bond acceptors (Lipinski definition) is 2. The lowest BCUT2D eigenvalue weighted by Gasteiger charge is -1.91. The second-order valence-electron chi connectivity index (χ2n) is 1.47. The molecule has 0 radical (unpaired) electrons. The van der Waals surface area contributed by atoms with Gasteiger partial charge in [0.05, 0.1) is 0 Å². The van der Waals surface area contributed by atoms with Crippen LogP contribution in [0.4, 0.5) is 0 Å². The molecule has 48 valence electrons. The molecule has 0 aliphatic heterocycles. The predicted octanol–water partition coefficient (Wildman–Crippen LogP) is 0.278. The molecule has 0 spiro atoms. The van der Waals surface area contributed by atoms with Gasteiger partial charge in [-0.15, -0.1) is 0 Å². The first-order valence-corrected chi connectivity index (χ1v) is 2.63. The summed E-state index contributed by atoms with van der Waals surface area (Å²) in [5.74, 6) is -0.137. The minimum atomic E-state index is -0.137. The summed E-state index contributed by atoms with van der Waals surface area (Å²) >= 11 is 5.42. The number of hydrogen-bond donors (Lipinski definition) is 2. The summed E-state index contributed by atoms with van der Waals surface area (Å²) in [6.45, 7) is 0. The van der Waals surface area contributed by atoms with Gasteiger partial charge in [0.1, 0.15) is 0 Å². The molecule has 1 heterocycles. The molecule has 0 atom stereocenters. The average molecular weight is 145 g/mol. The van der Waals surface area contributed by atoms with E-state index >= 15 is 0 Å². The standard InChI is InChI=1S/C4H5ClN4/c5-3-1-2-9(8-3)4(6)7/h1-2H,(H3,6,7). The number of nitrogens with two attached hydrogens (primary N) is 1. The number of nitrogens with one attached hydrogen (secondary N) is 1. The molecule has 0 aliphatic carbocycles.